The molecular weight excluding hydrogens is 196 g/mol. The van der Waals surface area contributed by atoms with Gasteiger partial charge in [-0.3, -0.25) is 0 Å². The van der Waals surface area contributed by atoms with E-state index in [9.17, 15) is 9.59 Å². The smallest absolute Gasteiger partial charge is 0.330 e. The van der Waals surface area contributed by atoms with E-state index < -0.39 is 24.0 Å². The Bertz CT molecular complexity index is 227. The molecule has 0 heterocycles. The van der Waals surface area contributed by atoms with Crippen LogP contribution in [0.1, 0.15) is 27.2 Å². The zero-order chi connectivity index (χ0) is 12.0. The molecule has 3 N–H and O–H groups in total. The van der Waals surface area contributed by atoms with Gasteiger partial charge in [0.2, 0.25) is 0 Å². The van der Waals surface area contributed by atoms with Crippen molar-refractivity contribution in [1.82, 2.24) is 5.32 Å². The first-order valence-corrected chi connectivity index (χ1v) is 5.06. The van der Waals surface area contributed by atoms with Crippen LogP contribution in [0.4, 0.5) is 0 Å². The third kappa shape index (κ3) is 5.49. The molecule has 15 heavy (non-hydrogen) atoms. The molecule has 0 saturated carbocycles. The van der Waals surface area contributed by atoms with Crippen molar-refractivity contribution >= 4 is 11.9 Å². The van der Waals surface area contributed by atoms with Gasteiger partial charge in [-0.2, -0.15) is 0 Å². The lowest BCUT2D eigenvalue weighted by Gasteiger charge is -2.16. The van der Waals surface area contributed by atoms with Crippen LogP contribution in [0.25, 0.3) is 0 Å². The summed E-state index contributed by atoms with van der Waals surface area (Å²) in [4.78, 5) is 22.5. The SMILES string of the molecule is CN[C@@H](CC(C)C)C(=O)OC(=O)[C@@H](C)N. The molecule has 0 aromatic carbocycles. The first-order valence-electron chi connectivity index (χ1n) is 5.06. The van der Waals surface area contributed by atoms with Crippen molar-refractivity contribution in [3.05, 3.63) is 0 Å². The summed E-state index contributed by atoms with van der Waals surface area (Å²) in [6, 6.07) is -1.22. The summed E-state index contributed by atoms with van der Waals surface area (Å²) in [5, 5.41) is 2.81. The number of hydrogen-bond acceptors (Lipinski definition) is 5. The predicted molar refractivity (Wildman–Crippen MR) is 57.1 cm³/mol. The fraction of sp³-hybridized carbons (Fsp3) is 0.800. The molecule has 0 rings (SSSR count). The molecular formula is C10H20N2O3. The Morgan fingerprint density at radius 1 is 1.27 bits per heavy atom. The average molecular weight is 216 g/mol. The Hall–Kier alpha value is -0.940. The van der Waals surface area contributed by atoms with Crippen molar-refractivity contribution in [3.8, 4) is 0 Å². The molecule has 0 unspecified atom stereocenters. The van der Waals surface area contributed by atoms with Crippen LogP contribution in [0.2, 0.25) is 0 Å². The molecule has 5 heteroatoms. The zero-order valence-electron chi connectivity index (χ0n) is 9.74. The van der Waals surface area contributed by atoms with Crippen LogP contribution in [0, 0.1) is 5.92 Å². The maximum Gasteiger partial charge on any atom is 0.330 e. The second kappa shape index (κ2) is 6.53. The molecule has 0 fully saturated rings. The van der Waals surface area contributed by atoms with Crippen molar-refractivity contribution < 1.29 is 14.3 Å². The molecule has 0 aromatic rings. The summed E-state index contributed by atoms with van der Waals surface area (Å²) < 4.78 is 4.60. The maximum atomic E-state index is 11.5. The minimum absolute atomic E-state index is 0.348. The Kier molecular flexibility index (Phi) is 6.12. The summed E-state index contributed by atoms with van der Waals surface area (Å²) >= 11 is 0. The topological polar surface area (TPSA) is 81.4 Å². The lowest BCUT2D eigenvalue weighted by molar-refractivity contribution is -0.162. The van der Waals surface area contributed by atoms with Gasteiger partial charge >= 0.3 is 11.9 Å². The van der Waals surface area contributed by atoms with E-state index in [1.54, 1.807) is 7.05 Å². The lowest BCUT2D eigenvalue weighted by atomic mass is 10.0. The summed E-state index contributed by atoms with van der Waals surface area (Å²) in [5.74, 6) is -0.905. The third-order valence-corrected chi connectivity index (χ3v) is 1.91. The second-order valence-electron chi connectivity index (χ2n) is 4.00. The Balaban J connectivity index is 4.21. The highest BCUT2D eigenvalue weighted by Gasteiger charge is 2.23. The number of carbonyl (C=O) groups is 2. The fourth-order valence-corrected chi connectivity index (χ4v) is 1.07. The molecule has 0 saturated heterocycles. The summed E-state index contributed by atoms with van der Waals surface area (Å²) in [6.45, 7) is 5.46. The van der Waals surface area contributed by atoms with Gasteiger partial charge in [0.1, 0.15) is 12.1 Å². The van der Waals surface area contributed by atoms with Gasteiger partial charge in [-0.05, 0) is 26.3 Å². The number of esters is 2. The van der Waals surface area contributed by atoms with E-state index in [4.69, 9.17) is 5.73 Å². The molecule has 2 atom stereocenters. The first kappa shape index (κ1) is 14.1. The average Bonchev–Trinajstić information content (AvgIpc) is 2.13. The van der Waals surface area contributed by atoms with Gasteiger partial charge in [-0.25, -0.2) is 9.59 Å². The van der Waals surface area contributed by atoms with Crippen LogP contribution in [0.15, 0.2) is 0 Å². The summed E-state index contributed by atoms with van der Waals surface area (Å²) in [5.41, 5.74) is 5.28. The predicted octanol–water partition coefficient (Wildman–Crippen LogP) is 0.0375. The van der Waals surface area contributed by atoms with Gasteiger partial charge in [0.15, 0.2) is 0 Å². The number of ether oxygens (including phenoxy) is 1. The minimum atomic E-state index is -0.773. The van der Waals surface area contributed by atoms with Gasteiger partial charge in [0.25, 0.3) is 0 Å². The number of nitrogens with one attached hydrogen (secondary N) is 1. The standard InChI is InChI=1S/C10H20N2O3/c1-6(2)5-8(12-4)10(14)15-9(13)7(3)11/h6-8,12H,5,11H2,1-4H3/t7-,8+/m1/s1. The largest absolute Gasteiger partial charge is 0.391 e. The first-order chi connectivity index (χ1) is 6.88. The highest BCUT2D eigenvalue weighted by molar-refractivity contribution is 5.90. The van der Waals surface area contributed by atoms with E-state index in [0.717, 1.165) is 0 Å². The molecule has 5 nitrogen and oxygen atoms in total. The van der Waals surface area contributed by atoms with Crippen LogP contribution in [-0.4, -0.2) is 31.1 Å². The van der Waals surface area contributed by atoms with Crippen molar-refractivity contribution in [2.24, 2.45) is 11.7 Å². The van der Waals surface area contributed by atoms with Crippen molar-refractivity contribution in [3.63, 3.8) is 0 Å². The molecule has 0 spiro atoms. The van der Waals surface area contributed by atoms with Crippen LogP contribution in [0.5, 0.6) is 0 Å². The molecule has 0 amide bonds. The van der Waals surface area contributed by atoms with Gasteiger partial charge in [-0.15, -0.1) is 0 Å². The number of carbonyl (C=O) groups excluding carboxylic acids is 2. The molecule has 88 valence electrons. The van der Waals surface area contributed by atoms with Gasteiger partial charge in [0.05, 0.1) is 0 Å². The highest BCUT2D eigenvalue weighted by atomic mass is 16.6. The van der Waals surface area contributed by atoms with Crippen LogP contribution in [-0.2, 0) is 14.3 Å². The number of hydrogen-bond donors (Lipinski definition) is 2. The Labute approximate surface area is 90.4 Å². The monoisotopic (exact) mass is 216 g/mol. The lowest BCUT2D eigenvalue weighted by Crippen LogP contribution is -2.40. The molecule has 0 bridgehead atoms. The molecule has 0 aromatic heterocycles. The normalized spacial score (nSPS) is 14.8. The highest BCUT2D eigenvalue weighted by Crippen LogP contribution is 2.06. The Morgan fingerprint density at radius 3 is 2.13 bits per heavy atom. The van der Waals surface area contributed by atoms with Gasteiger partial charge in [-0.1, -0.05) is 13.8 Å². The van der Waals surface area contributed by atoms with Crippen LogP contribution < -0.4 is 11.1 Å². The van der Waals surface area contributed by atoms with E-state index in [1.165, 1.54) is 6.92 Å². The summed E-state index contributed by atoms with van der Waals surface area (Å²) in [7, 11) is 1.66. The number of rotatable bonds is 5. The molecule has 0 radical (unpaired) electrons. The zero-order valence-corrected chi connectivity index (χ0v) is 9.74. The van der Waals surface area contributed by atoms with Crippen LogP contribution >= 0.6 is 0 Å². The minimum Gasteiger partial charge on any atom is -0.391 e. The van der Waals surface area contributed by atoms with Crippen LogP contribution in [0.3, 0.4) is 0 Å². The van der Waals surface area contributed by atoms with Gasteiger partial charge < -0.3 is 15.8 Å². The summed E-state index contributed by atoms with van der Waals surface area (Å²) in [6.07, 6.45) is 0.627. The van der Waals surface area contributed by atoms with E-state index in [0.29, 0.717) is 12.3 Å². The van der Waals surface area contributed by atoms with E-state index >= 15 is 0 Å². The van der Waals surface area contributed by atoms with E-state index in [2.05, 4.69) is 10.1 Å². The van der Waals surface area contributed by atoms with E-state index in [1.807, 2.05) is 13.8 Å². The number of nitrogens with two attached hydrogens (primary N) is 1. The van der Waals surface area contributed by atoms with E-state index in [-0.39, 0.29) is 0 Å². The van der Waals surface area contributed by atoms with Crippen molar-refractivity contribution in [2.75, 3.05) is 7.05 Å². The van der Waals surface area contributed by atoms with Crippen molar-refractivity contribution in [2.45, 2.75) is 39.3 Å². The molecule has 0 aliphatic carbocycles. The Morgan fingerprint density at radius 2 is 1.80 bits per heavy atom. The molecule has 0 aliphatic rings. The maximum absolute atomic E-state index is 11.5. The van der Waals surface area contributed by atoms with Crippen molar-refractivity contribution in [1.29, 1.82) is 0 Å². The number of likely N-dealkylation sites (N-methyl/N-ethyl adjacent to an activating group) is 1. The van der Waals surface area contributed by atoms with Gasteiger partial charge in [0, 0.05) is 0 Å². The molecule has 0 aliphatic heterocycles. The fourth-order valence-electron chi connectivity index (χ4n) is 1.07. The quantitative estimate of drug-likeness (QED) is 0.501. The second-order valence-corrected chi connectivity index (χ2v) is 4.00. The third-order valence-electron chi connectivity index (χ3n) is 1.91.